The SMILES string of the molecule is CC(CO)(CO)NCc1ccc2cc3ccccc3cc2c1.Cl.O. The molecule has 0 atom stereocenters. The van der Waals surface area contributed by atoms with Crippen molar-refractivity contribution in [2.75, 3.05) is 13.2 Å². The molecule has 0 aromatic heterocycles. The summed E-state index contributed by atoms with van der Waals surface area (Å²) >= 11 is 0. The van der Waals surface area contributed by atoms with Crippen LogP contribution in [0.1, 0.15) is 12.5 Å². The fourth-order valence-corrected chi connectivity index (χ4v) is 2.58. The second kappa shape index (κ2) is 8.42. The van der Waals surface area contributed by atoms with Crippen molar-refractivity contribution in [1.29, 1.82) is 0 Å². The minimum absolute atomic E-state index is 0. The van der Waals surface area contributed by atoms with Crippen molar-refractivity contribution in [2.45, 2.75) is 19.0 Å². The van der Waals surface area contributed by atoms with Crippen molar-refractivity contribution in [3.63, 3.8) is 0 Å². The number of hydrogen-bond donors (Lipinski definition) is 3. The van der Waals surface area contributed by atoms with E-state index in [-0.39, 0.29) is 31.1 Å². The van der Waals surface area contributed by atoms with Crippen LogP contribution in [0.5, 0.6) is 0 Å². The van der Waals surface area contributed by atoms with Crippen LogP contribution in [0.3, 0.4) is 0 Å². The second-order valence-corrected chi connectivity index (χ2v) is 6.11. The quantitative estimate of drug-likeness (QED) is 0.618. The molecular formula is C19H24ClNO3. The van der Waals surface area contributed by atoms with Crippen LogP contribution in [-0.2, 0) is 6.54 Å². The monoisotopic (exact) mass is 349 g/mol. The lowest BCUT2D eigenvalue weighted by Crippen LogP contribution is -2.48. The normalized spacial score (nSPS) is 11.1. The molecule has 130 valence electrons. The van der Waals surface area contributed by atoms with Gasteiger partial charge in [0, 0.05) is 6.54 Å². The zero-order valence-electron chi connectivity index (χ0n) is 13.6. The average Bonchev–Trinajstić information content (AvgIpc) is 2.57. The molecule has 0 amide bonds. The summed E-state index contributed by atoms with van der Waals surface area (Å²) in [4.78, 5) is 0. The molecule has 0 radical (unpaired) electrons. The molecule has 5 N–H and O–H groups in total. The molecule has 0 fully saturated rings. The van der Waals surface area contributed by atoms with Crippen LogP contribution in [-0.4, -0.2) is 34.4 Å². The van der Waals surface area contributed by atoms with Crippen molar-refractivity contribution in [3.8, 4) is 0 Å². The lowest BCUT2D eigenvalue weighted by molar-refractivity contribution is 0.103. The van der Waals surface area contributed by atoms with E-state index in [1.807, 2.05) is 13.0 Å². The minimum atomic E-state index is -0.654. The first-order chi connectivity index (χ1) is 10.6. The van der Waals surface area contributed by atoms with Crippen molar-refractivity contribution in [1.82, 2.24) is 5.32 Å². The smallest absolute Gasteiger partial charge is 0.0633 e. The summed E-state index contributed by atoms with van der Waals surface area (Å²) in [6.07, 6.45) is 0. The zero-order valence-corrected chi connectivity index (χ0v) is 14.4. The Balaban J connectivity index is 0.00000144. The number of fused-ring (bicyclic) bond motifs is 2. The van der Waals surface area contributed by atoms with E-state index in [4.69, 9.17) is 0 Å². The summed E-state index contributed by atoms with van der Waals surface area (Å²) in [5.41, 5.74) is 0.481. The maximum Gasteiger partial charge on any atom is 0.0633 e. The molecule has 0 heterocycles. The average molecular weight is 350 g/mol. The highest BCUT2D eigenvalue weighted by Crippen LogP contribution is 2.23. The molecule has 3 aromatic carbocycles. The van der Waals surface area contributed by atoms with Crippen molar-refractivity contribution in [3.05, 3.63) is 60.2 Å². The van der Waals surface area contributed by atoms with E-state index in [9.17, 15) is 10.2 Å². The Hall–Kier alpha value is -1.69. The van der Waals surface area contributed by atoms with Gasteiger partial charge < -0.3 is 21.0 Å². The van der Waals surface area contributed by atoms with Gasteiger partial charge in [0.2, 0.25) is 0 Å². The molecule has 0 unspecified atom stereocenters. The van der Waals surface area contributed by atoms with E-state index in [2.05, 4.69) is 53.8 Å². The molecule has 3 rings (SSSR count). The van der Waals surface area contributed by atoms with Crippen LogP contribution < -0.4 is 5.32 Å². The first kappa shape index (κ1) is 20.4. The van der Waals surface area contributed by atoms with Gasteiger partial charge in [0.15, 0.2) is 0 Å². The lowest BCUT2D eigenvalue weighted by Gasteiger charge is -2.26. The highest BCUT2D eigenvalue weighted by atomic mass is 35.5. The van der Waals surface area contributed by atoms with Gasteiger partial charge in [0.25, 0.3) is 0 Å². The van der Waals surface area contributed by atoms with Gasteiger partial charge in [0.1, 0.15) is 0 Å². The Kier molecular flexibility index (Phi) is 7.14. The fraction of sp³-hybridized carbons (Fsp3) is 0.263. The number of benzene rings is 3. The van der Waals surface area contributed by atoms with Gasteiger partial charge in [-0.1, -0.05) is 36.4 Å². The van der Waals surface area contributed by atoms with Crippen molar-refractivity contribution in [2.24, 2.45) is 0 Å². The van der Waals surface area contributed by atoms with Crippen LogP contribution in [0.2, 0.25) is 0 Å². The van der Waals surface area contributed by atoms with E-state index in [0.717, 1.165) is 5.56 Å². The third-order valence-corrected chi connectivity index (χ3v) is 4.19. The largest absolute Gasteiger partial charge is 0.412 e. The number of halogens is 1. The molecule has 0 aliphatic heterocycles. The van der Waals surface area contributed by atoms with Crippen LogP contribution >= 0.6 is 12.4 Å². The first-order valence-corrected chi connectivity index (χ1v) is 7.52. The third-order valence-electron chi connectivity index (χ3n) is 4.19. The molecular weight excluding hydrogens is 326 g/mol. The Bertz CT molecular complexity index is 803. The van der Waals surface area contributed by atoms with Gasteiger partial charge in [-0.2, -0.15) is 0 Å². The zero-order chi connectivity index (χ0) is 15.6. The highest BCUT2D eigenvalue weighted by molar-refractivity contribution is 5.98. The summed E-state index contributed by atoms with van der Waals surface area (Å²) < 4.78 is 0. The van der Waals surface area contributed by atoms with E-state index in [1.54, 1.807) is 0 Å². The van der Waals surface area contributed by atoms with Crippen molar-refractivity contribution < 1.29 is 15.7 Å². The highest BCUT2D eigenvalue weighted by Gasteiger charge is 2.20. The summed E-state index contributed by atoms with van der Waals surface area (Å²) in [5, 5.41) is 26.8. The fourth-order valence-electron chi connectivity index (χ4n) is 2.58. The van der Waals surface area contributed by atoms with Crippen LogP contribution in [0, 0.1) is 0 Å². The molecule has 3 aromatic rings. The Morgan fingerprint density at radius 3 is 1.96 bits per heavy atom. The van der Waals surface area contributed by atoms with E-state index >= 15 is 0 Å². The molecule has 0 spiro atoms. The molecule has 24 heavy (non-hydrogen) atoms. The molecule has 5 heteroatoms. The molecule has 0 saturated heterocycles. The lowest BCUT2D eigenvalue weighted by atomic mass is 10.0. The second-order valence-electron chi connectivity index (χ2n) is 6.11. The van der Waals surface area contributed by atoms with E-state index in [1.165, 1.54) is 21.5 Å². The maximum atomic E-state index is 9.33. The number of aliphatic hydroxyl groups excluding tert-OH is 2. The first-order valence-electron chi connectivity index (χ1n) is 7.52. The third kappa shape index (κ3) is 4.23. The minimum Gasteiger partial charge on any atom is -0.412 e. The van der Waals surface area contributed by atoms with E-state index < -0.39 is 5.54 Å². The number of hydrogen-bond acceptors (Lipinski definition) is 3. The van der Waals surface area contributed by atoms with Crippen LogP contribution in [0.4, 0.5) is 0 Å². The predicted molar refractivity (Wildman–Crippen MR) is 102 cm³/mol. The Morgan fingerprint density at radius 1 is 0.833 bits per heavy atom. The van der Waals surface area contributed by atoms with E-state index in [0.29, 0.717) is 6.54 Å². The molecule has 0 saturated carbocycles. The number of rotatable bonds is 5. The van der Waals surface area contributed by atoms with Gasteiger partial charge >= 0.3 is 0 Å². The maximum absolute atomic E-state index is 9.33. The predicted octanol–water partition coefficient (Wildman–Crippen LogP) is 2.42. The topological polar surface area (TPSA) is 84.0 Å². The van der Waals surface area contributed by atoms with Crippen molar-refractivity contribution >= 4 is 34.0 Å². The summed E-state index contributed by atoms with van der Waals surface area (Å²) in [5.74, 6) is 0. The number of aliphatic hydroxyl groups is 2. The Morgan fingerprint density at radius 2 is 1.38 bits per heavy atom. The summed E-state index contributed by atoms with van der Waals surface area (Å²) in [6.45, 7) is 2.23. The van der Waals surface area contributed by atoms with Gasteiger partial charge in [0.05, 0.1) is 18.8 Å². The van der Waals surface area contributed by atoms with Gasteiger partial charge in [-0.15, -0.1) is 12.4 Å². The molecule has 0 aliphatic carbocycles. The van der Waals surface area contributed by atoms with Gasteiger partial charge in [-0.05, 0) is 52.2 Å². The standard InChI is InChI=1S/C19H21NO2.ClH.H2O/c1-19(12-21,13-22)20-11-14-6-7-17-9-15-4-2-3-5-16(15)10-18(17)8-14;;/h2-10,20-22H,11-13H2,1H3;1H;1H2. The molecule has 4 nitrogen and oxygen atoms in total. The molecule has 0 bridgehead atoms. The van der Waals surface area contributed by atoms with Gasteiger partial charge in [-0.25, -0.2) is 0 Å². The van der Waals surface area contributed by atoms with Crippen LogP contribution in [0.15, 0.2) is 54.6 Å². The van der Waals surface area contributed by atoms with Crippen LogP contribution in [0.25, 0.3) is 21.5 Å². The summed E-state index contributed by atoms with van der Waals surface area (Å²) in [6, 6.07) is 19.1. The molecule has 0 aliphatic rings. The summed E-state index contributed by atoms with van der Waals surface area (Å²) in [7, 11) is 0. The van der Waals surface area contributed by atoms with Gasteiger partial charge in [-0.3, -0.25) is 0 Å². The number of nitrogens with one attached hydrogen (secondary N) is 1. The Labute approximate surface area is 147 Å².